The lowest BCUT2D eigenvalue weighted by Gasteiger charge is -1.99. The Balaban J connectivity index is 2.16. The number of anilines is 1. The molecule has 1 aliphatic rings. The maximum Gasteiger partial charge on any atom is 0.348 e. The highest BCUT2D eigenvalue weighted by Gasteiger charge is 2.13. The molecular formula is C9H7N3O3S. The Labute approximate surface area is 94.3 Å². The van der Waals surface area contributed by atoms with E-state index in [4.69, 9.17) is 5.11 Å². The normalized spacial score (nSPS) is 16.5. The second kappa shape index (κ2) is 4.15. The van der Waals surface area contributed by atoms with E-state index in [1.54, 1.807) is 11.4 Å². The number of thiophene rings is 1. The highest BCUT2D eigenvalue weighted by molar-refractivity contribution is 7.12. The molecule has 0 radical (unpaired) electrons. The molecule has 2 rings (SSSR count). The number of nitrogens with zero attached hydrogens (tertiary/aromatic N) is 1. The fourth-order valence-corrected chi connectivity index (χ4v) is 1.83. The van der Waals surface area contributed by atoms with E-state index in [0.29, 0.717) is 11.3 Å². The number of carboxylic acids is 1. The smallest absolute Gasteiger partial charge is 0.348 e. The molecule has 1 aromatic rings. The fourth-order valence-electron chi connectivity index (χ4n) is 1.13. The second-order valence-corrected chi connectivity index (χ2v) is 3.83. The lowest BCUT2D eigenvalue weighted by atomic mass is 10.3. The minimum atomic E-state index is -1.000. The first-order valence-electron chi connectivity index (χ1n) is 4.29. The van der Waals surface area contributed by atoms with E-state index in [9.17, 15) is 9.59 Å². The van der Waals surface area contributed by atoms with Crippen molar-refractivity contribution in [2.24, 2.45) is 5.10 Å². The summed E-state index contributed by atoms with van der Waals surface area (Å²) in [7, 11) is 0. The van der Waals surface area contributed by atoms with Crippen LogP contribution in [-0.4, -0.2) is 23.2 Å². The first-order valence-corrected chi connectivity index (χ1v) is 5.17. The standard InChI is InChI=1S/C9H7N3O3S/c13-8-5(4-11-12-8)3-10-6-1-2-16-7(6)9(14)15/h1-4,10H,(H,12,13)(H,14,15). The molecule has 0 saturated heterocycles. The second-order valence-electron chi connectivity index (χ2n) is 2.91. The van der Waals surface area contributed by atoms with E-state index in [0.717, 1.165) is 11.3 Å². The Morgan fingerprint density at radius 2 is 2.44 bits per heavy atom. The Morgan fingerprint density at radius 3 is 3.06 bits per heavy atom. The first-order chi connectivity index (χ1) is 7.68. The van der Waals surface area contributed by atoms with Gasteiger partial charge in [0.15, 0.2) is 0 Å². The SMILES string of the molecule is O=C1NN=CC1=CNc1ccsc1C(=O)O. The molecule has 0 unspecified atom stereocenters. The molecule has 1 aliphatic heterocycles. The molecule has 6 nitrogen and oxygen atoms in total. The minimum absolute atomic E-state index is 0.201. The van der Waals surface area contributed by atoms with Gasteiger partial charge in [-0.15, -0.1) is 11.3 Å². The van der Waals surface area contributed by atoms with Crippen LogP contribution in [0.1, 0.15) is 9.67 Å². The van der Waals surface area contributed by atoms with Gasteiger partial charge in [-0.1, -0.05) is 0 Å². The van der Waals surface area contributed by atoms with E-state index < -0.39 is 5.97 Å². The number of aromatic carboxylic acids is 1. The van der Waals surface area contributed by atoms with Gasteiger partial charge in [-0.3, -0.25) is 4.79 Å². The van der Waals surface area contributed by atoms with Crippen LogP contribution in [0.25, 0.3) is 0 Å². The number of carboxylic acid groups (broad SMARTS) is 1. The number of carbonyl (C=O) groups excluding carboxylic acids is 1. The molecule has 16 heavy (non-hydrogen) atoms. The maximum atomic E-state index is 11.1. The summed E-state index contributed by atoms with van der Waals surface area (Å²) < 4.78 is 0. The average Bonchev–Trinajstić information content (AvgIpc) is 2.83. The number of nitrogens with one attached hydrogen (secondary N) is 2. The van der Waals surface area contributed by atoms with Gasteiger partial charge in [0.1, 0.15) is 4.88 Å². The van der Waals surface area contributed by atoms with Crippen LogP contribution in [0.5, 0.6) is 0 Å². The van der Waals surface area contributed by atoms with Crippen LogP contribution < -0.4 is 10.7 Å². The summed E-state index contributed by atoms with van der Waals surface area (Å²) in [6, 6.07) is 1.63. The molecule has 82 valence electrons. The van der Waals surface area contributed by atoms with Crippen molar-refractivity contribution in [3.63, 3.8) is 0 Å². The summed E-state index contributed by atoms with van der Waals surface area (Å²) in [5.41, 5.74) is 3.05. The molecule has 0 aliphatic carbocycles. The third kappa shape index (κ3) is 1.94. The summed E-state index contributed by atoms with van der Waals surface area (Å²) >= 11 is 1.12. The number of hydrogen-bond acceptors (Lipinski definition) is 5. The maximum absolute atomic E-state index is 11.1. The van der Waals surface area contributed by atoms with Gasteiger partial charge in [0, 0.05) is 6.20 Å². The van der Waals surface area contributed by atoms with Crippen LogP contribution in [-0.2, 0) is 4.79 Å². The van der Waals surface area contributed by atoms with E-state index in [2.05, 4.69) is 15.8 Å². The van der Waals surface area contributed by atoms with Gasteiger partial charge in [-0.05, 0) is 11.4 Å². The summed E-state index contributed by atoms with van der Waals surface area (Å²) in [5, 5.41) is 16.8. The van der Waals surface area contributed by atoms with Gasteiger partial charge < -0.3 is 10.4 Å². The largest absolute Gasteiger partial charge is 0.477 e. The van der Waals surface area contributed by atoms with Crippen LogP contribution in [0.3, 0.4) is 0 Å². The van der Waals surface area contributed by atoms with Gasteiger partial charge in [-0.25, -0.2) is 10.2 Å². The molecule has 0 atom stereocenters. The van der Waals surface area contributed by atoms with Crippen molar-refractivity contribution in [2.75, 3.05) is 5.32 Å². The molecule has 1 amide bonds. The third-order valence-corrected chi connectivity index (χ3v) is 2.78. The van der Waals surface area contributed by atoms with E-state index in [1.165, 1.54) is 12.4 Å². The van der Waals surface area contributed by atoms with Crippen LogP contribution >= 0.6 is 11.3 Å². The zero-order chi connectivity index (χ0) is 11.5. The van der Waals surface area contributed by atoms with Gasteiger partial charge in [0.2, 0.25) is 0 Å². The number of hydrogen-bond donors (Lipinski definition) is 3. The van der Waals surface area contributed by atoms with Gasteiger partial charge in [-0.2, -0.15) is 5.10 Å². The summed E-state index contributed by atoms with van der Waals surface area (Å²) in [5.74, 6) is -1.32. The molecule has 2 heterocycles. The minimum Gasteiger partial charge on any atom is -0.477 e. The number of rotatable bonds is 3. The Kier molecular flexibility index (Phi) is 2.69. The Morgan fingerprint density at radius 1 is 1.62 bits per heavy atom. The van der Waals surface area contributed by atoms with Crippen molar-refractivity contribution in [3.05, 3.63) is 28.1 Å². The van der Waals surface area contributed by atoms with Crippen LogP contribution in [0.15, 0.2) is 28.3 Å². The van der Waals surface area contributed by atoms with Crippen molar-refractivity contribution in [3.8, 4) is 0 Å². The third-order valence-electron chi connectivity index (χ3n) is 1.87. The fraction of sp³-hybridized carbons (Fsp3) is 0. The molecule has 0 saturated carbocycles. The molecule has 0 aromatic carbocycles. The Bertz CT molecular complexity index is 504. The van der Waals surface area contributed by atoms with E-state index in [1.807, 2.05) is 0 Å². The van der Waals surface area contributed by atoms with Crippen LogP contribution in [0, 0.1) is 0 Å². The molecule has 0 spiro atoms. The van der Waals surface area contributed by atoms with E-state index in [-0.39, 0.29) is 10.8 Å². The molecule has 7 heteroatoms. The predicted octanol–water partition coefficient (Wildman–Crippen LogP) is 0.858. The molecular weight excluding hydrogens is 230 g/mol. The lowest BCUT2D eigenvalue weighted by Crippen LogP contribution is -2.12. The quantitative estimate of drug-likeness (QED) is 0.680. The van der Waals surface area contributed by atoms with Crippen molar-refractivity contribution >= 4 is 35.1 Å². The lowest BCUT2D eigenvalue weighted by molar-refractivity contribution is -0.116. The zero-order valence-electron chi connectivity index (χ0n) is 7.93. The number of hydrazone groups is 1. The van der Waals surface area contributed by atoms with Gasteiger partial charge in [0.25, 0.3) is 5.91 Å². The summed E-state index contributed by atoms with van der Waals surface area (Å²) in [6.45, 7) is 0. The van der Waals surface area contributed by atoms with Crippen molar-refractivity contribution in [1.29, 1.82) is 0 Å². The summed E-state index contributed by atoms with van der Waals surface area (Å²) in [4.78, 5) is 22.1. The van der Waals surface area contributed by atoms with Crippen molar-refractivity contribution < 1.29 is 14.7 Å². The topological polar surface area (TPSA) is 90.8 Å². The monoisotopic (exact) mass is 237 g/mol. The molecule has 0 fully saturated rings. The van der Waals surface area contributed by atoms with E-state index >= 15 is 0 Å². The highest BCUT2D eigenvalue weighted by Crippen LogP contribution is 2.22. The first kappa shape index (κ1) is 10.4. The average molecular weight is 237 g/mol. The van der Waals surface area contributed by atoms with Gasteiger partial charge >= 0.3 is 5.97 Å². The van der Waals surface area contributed by atoms with Crippen LogP contribution in [0.2, 0.25) is 0 Å². The van der Waals surface area contributed by atoms with Crippen molar-refractivity contribution in [1.82, 2.24) is 5.43 Å². The zero-order valence-corrected chi connectivity index (χ0v) is 8.75. The number of carbonyl (C=O) groups is 2. The molecule has 3 N–H and O–H groups in total. The number of amides is 1. The Hall–Kier alpha value is -2.15. The van der Waals surface area contributed by atoms with Crippen molar-refractivity contribution in [2.45, 2.75) is 0 Å². The van der Waals surface area contributed by atoms with Gasteiger partial charge in [0.05, 0.1) is 17.5 Å². The van der Waals surface area contributed by atoms with Crippen LogP contribution in [0.4, 0.5) is 5.69 Å². The summed E-state index contributed by atoms with van der Waals surface area (Å²) in [6.07, 6.45) is 2.78. The predicted molar refractivity (Wildman–Crippen MR) is 59.6 cm³/mol. The molecule has 0 bridgehead atoms. The highest BCUT2D eigenvalue weighted by atomic mass is 32.1. The molecule has 1 aromatic heterocycles.